The summed E-state index contributed by atoms with van der Waals surface area (Å²) in [5.41, 5.74) is 3.21. The number of likely N-dealkylation sites (tertiary alicyclic amines) is 1. The van der Waals surface area contributed by atoms with Gasteiger partial charge in [-0.15, -0.1) is 0 Å². The molecule has 0 aliphatic carbocycles. The average molecular weight is 391 g/mol. The SMILES string of the molecule is CN(C)c1ccc(C=Cc2cc3ccc(OCCC4CCCN4C)cc3o2)cc1. The van der Waals surface area contributed by atoms with Crippen LogP contribution < -0.4 is 9.64 Å². The highest BCUT2D eigenvalue weighted by Gasteiger charge is 2.20. The Balaban J connectivity index is 1.38. The van der Waals surface area contributed by atoms with Gasteiger partial charge in [-0.25, -0.2) is 0 Å². The predicted octanol–water partition coefficient (Wildman–Crippen LogP) is 5.53. The fourth-order valence-corrected chi connectivity index (χ4v) is 3.92. The second-order valence-electron chi connectivity index (χ2n) is 8.08. The zero-order valence-electron chi connectivity index (χ0n) is 17.6. The number of anilines is 1. The number of furan rings is 1. The zero-order chi connectivity index (χ0) is 20.2. The van der Waals surface area contributed by atoms with E-state index in [0.29, 0.717) is 6.04 Å². The molecule has 0 N–H and O–H groups in total. The van der Waals surface area contributed by atoms with Crippen LogP contribution in [0.25, 0.3) is 23.1 Å². The van der Waals surface area contributed by atoms with Gasteiger partial charge in [0.05, 0.1) is 6.61 Å². The maximum Gasteiger partial charge on any atom is 0.138 e. The summed E-state index contributed by atoms with van der Waals surface area (Å²) in [7, 11) is 6.30. The summed E-state index contributed by atoms with van der Waals surface area (Å²) in [6.45, 7) is 1.95. The fraction of sp³-hybridized carbons (Fsp3) is 0.360. The normalized spacial score (nSPS) is 17.4. The number of nitrogens with zero attached hydrogens (tertiary/aromatic N) is 2. The van der Waals surface area contributed by atoms with Crippen molar-refractivity contribution in [3.05, 3.63) is 59.9 Å². The molecule has 4 heteroatoms. The molecule has 4 nitrogen and oxygen atoms in total. The van der Waals surface area contributed by atoms with E-state index in [0.717, 1.165) is 41.1 Å². The molecule has 1 atom stereocenters. The Morgan fingerprint density at radius 3 is 2.66 bits per heavy atom. The molecule has 0 bridgehead atoms. The quantitative estimate of drug-likeness (QED) is 0.530. The van der Waals surface area contributed by atoms with Crippen molar-refractivity contribution < 1.29 is 9.15 Å². The van der Waals surface area contributed by atoms with Crippen molar-refractivity contribution in [1.29, 1.82) is 0 Å². The largest absolute Gasteiger partial charge is 0.493 e. The highest BCUT2D eigenvalue weighted by molar-refractivity contribution is 5.83. The summed E-state index contributed by atoms with van der Waals surface area (Å²) in [4.78, 5) is 4.53. The third kappa shape index (κ3) is 4.83. The van der Waals surface area contributed by atoms with Crippen LogP contribution in [0, 0.1) is 0 Å². The highest BCUT2D eigenvalue weighted by Crippen LogP contribution is 2.26. The lowest BCUT2D eigenvalue weighted by Crippen LogP contribution is -2.26. The van der Waals surface area contributed by atoms with Gasteiger partial charge in [0.25, 0.3) is 0 Å². The molecule has 0 saturated carbocycles. The average Bonchev–Trinajstić information content (AvgIpc) is 3.32. The molecule has 152 valence electrons. The van der Waals surface area contributed by atoms with Crippen LogP contribution in [0.3, 0.4) is 0 Å². The van der Waals surface area contributed by atoms with Gasteiger partial charge in [-0.3, -0.25) is 0 Å². The number of hydrogen-bond acceptors (Lipinski definition) is 4. The molecule has 1 aliphatic rings. The van der Waals surface area contributed by atoms with Gasteiger partial charge in [-0.05, 0) is 74.8 Å². The Morgan fingerprint density at radius 1 is 1.10 bits per heavy atom. The molecule has 1 aromatic heterocycles. The summed E-state index contributed by atoms with van der Waals surface area (Å²) in [5, 5.41) is 1.09. The molecule has 1 saturated heterocycles. The number of fused-ring (bicyclic) bond motifs is 1. The summed E-state index contributed by atoms with van der Waals surface area (Å²) >= 11 is 0. The molecule has 0 amide bonds. The molecule has 0 radical (unpaired) electrons. The van der Waals surface area contributed by atoms with E-state index in [2.05, 4.69) is 59.3 Å². The number of hydrogen-bond donors (Lipinski definition) is 0. The fourth-order valence-electron chi connectivity index (χ4n) is 3.92. The van der Waals surface area contributed by atoms with Crippen LogP contribution in [0.2, 0.25) is 0 Å². The van der Waals surface area contributed by atoms with Gasteiger partial charge in [-0.2, -0.15) is 0 Å². The predicted molar refractivity (Wildman–Crippen MR) is 122 cm³/mol. The van der Waals surface area contributed by atoms with Crippen LogP contribution in [0.4, 0.5) is 5.69 Å². The Labute approximate surface area is 173 Å². The molecule has 29 heavy (non-hydrogen) atoms. The van der Waals surface area contributed by atoms with Crippen molar-refractivity contribution >= 4 is 28.8 Å². The standard InChI is InChI=1S/C25H30N2O2/c1-26(2)21-10-6-19(7-11-21)8-12-24-17-20-9-13-23(18-25(20)29-24)28-16-14-22-5-4-15-27(22)3/h6-13,17-18,22H,4-5,14-16H2,1-3H3. The molecule has 2 heterocycles. The molecule has 1 fully saturated rings. The van der Waals surface area contributed by atoms with Gasteiger partial charge in [0.1, 0.15) is 17.1 Å². The third-order valence-electron chi connectivity index (χ3n) is 5.75. The lowest BCUT2D eigenvalue weighted by atomic mass is 10.1. The third-order valence-corrected chi connectivity index (χ3v) is 5.75. The van der Waals surface area contributed by atoms with Gasteiger partial charge in [0, 0.05) is 37.3 Å². The Kier molecular flexibility index (Phi) is 5.91. The number of ether oxygens (including phenoxy) is 1. The Bertz CT molecular complexity index is 972. The van der Waals surface area contributed by atoms with Crippen LogP contribution in [-0.4, -0.2) is 45.2 Å². The smallest absolute Gasteiger partial charge is 0.138 e. The van der Waals surface area contributed by atoms with E-state index in [9.17, 15) is 0 Å². The van der Waals surface area contributed by atoms with Crippen molar-refractivity contribution in [1.82, 2.24) is 4.90 Å². The second-order valence-corrected chi connectivity index (χ2v) is 8.08. The molecular formula is C25H30N2O2. The zero-order valence-corrected chi connectivity index (χ0v) is 17.6. The molecule has 4 rings (SSSR count). The summed E-state index contributed by atoms with van der Waals surface area (Å²) in [5.74, 6) is 1.73. The topological polar surface area (TPSA) is 28.9 Å². The van der Waals surface area contributed by atoms with E-state index in [4.69, 9.17) is 9.15 Å². The van der Waals surface area contributed by atoms with Crippen molar-refractivity contribution in [2.24, 2.45) is 0 Å². The van der Waals surface area contributed by atoms with E-state index in [-0.39, 0.29) is 0 Å². The molecule has 1 unspecified atom stereocenters. The van der Waals surface area contributed by atoms with Crippen LogP contribution >= 0.6 is 0 Å². The molecule has 3 aromatic rings. The Hall–Kier alpha value is -2.72. The second kappa shape index (κ2) is 8.75. The van der Waals surface area contributed by atoms with Gasteiger partial charge < -0.3 is 19.0 Å². The van der Waals surface area contributed by atoms with Gasteiger partial charge in [0.2, 0.25) is 0 Å². The maximum absolute atomic E-state index is 6.01. The van der Waals surface area contributed by atoms with Crippen molar-refractivity contribution in [2.45, 2.75) is 25.3 Å². The number of rotatable bonds is 7. The van der Waals surface area contributed by atoms with Gasteiger partial charge in [-0.1, -0.05) is 18.2 Å². The molecule has 2 aromatic carbocycles. The van der Waals surface area contributed by atoms with Crippen LogP contribution in [-0.2, 0) is 0 Å². The van der Waals surface area contributed by atoms with Crippen molar-refractivity contribution in [3.63, 3.8) is 0 Å². The molecular weight excluding hydrogens is 360 g/mol. The lowest BCUT2D eigenvalue weighted by Gasteiger charge is -2.19. The maximum atomic E-state index is 6.01. The molecule has 0 spiro atoms. The van der Waals surface area contributed by atoms with E-state index >= 15 is 0 Å². The van der Waals surface area contributed by atoms with Crippen LogP contribution in [0.1, 0.15) is 30.6 Å². The highest BCUT2D eigenvalue weighted by atomic mass is 16.5. The molecule has 1 aliphatic heterocycles. The first-order chi connectivity index (χ1) is 14.1. The monoisotopic (exact) mass is 390 g/mol. The van der Waals surface area contributed by atoms with Crippen molar-refractivity contribution in [3.8, 4) is 5.75 Å². The first kappa shape index (κ1) is 19.6. The Morgan fingerprint density at radius 2 is 1.93 bits per heavy atom. The number of benzene rings is 2. The lowest BCUT2D eigenvalue weighted by molar-refractivity contribution is 0.233. The van der Waals surface area contributed by atoms with Crippen LogP contribution in [0.15, 0.2) is 52.9 Å². The van der Waals surface area contributed by atoms with E-state index < -0.39 is 0 Å². The van der Waals surface area contributed by atoms with E-state index in [1.54, 1.807) is 0 Å². The van der Waals surface area contributed by atoms with Crippen molar-refractivity contribution in [2.75, 3.05) is 39.2 Å². The van der Waals surface area contributed by atoms with Crippen LogP contribution in [0.5, 0.6) is 5.75 Å². The summed E-state index contributed by atoms with van der Waals surface area (Å²) in [6, 6.07) is 17.3. The first-order valence-corrected chi connectivity index (χ1v) is 10.4. The van der Waals surface area contributed by atoms with E-state index in [1.807, 2.05) is 32.3 Å². The minimum atomic E-state index is 0.658. The summed E-state index contributed by atoms with van der Waals surface area (Å²) in [6.07, 6.45) is 7.75. The minimum absolute atomic E-state index is 0.658. The minimum Gasteiger partial charge on any atom is -0.493 e. The first-order valence-electron chi connectivity index (χ1n) is 10.4. The van der Waals surface area contributed by atoms with Gasteiger partial charge in [0.15, 0.2) is 0 Å². The summed E-state index contributed by atoms with van der Waals surface area (Å²) < 4.78 is 12.0. The van der Waals surface area contributed by atoms with E-state index in [1.165, 1.54) is 25.1 Å². The van der Waals surface area contributed by atoms with Gasteiger partial charge >= 0.3 is 0 Å².